The van der Waals surface area contributed by atoms with Crippen LogP contribution >= 0.6 is 0 Å². The van der Waals surface area contributed by atoms with E-state index in [1.807, 2.05) is 20.0 Å². The summed E-state index contributed by atoms with van der Waals surface area (Å²) in [6.07, 6.45) is 4.34. The SMILES string of the molecule is CCNC(=NCc1ncc(C)c(OC)c1C)N1CCCC(CC(N)=O)C1. The van der Waals surface area contributed by atoms with Gasteiger partial charge in [0.2, 0.25) is 5.91 Å². The number of aromatic nitrogens is 1. The third kappa shape index (κ3) is 5.09. The van der Waals surface area contributed by atoms with Crippen molar-refractivity contribution < 1.29 is 9.53 Å². The largest absolute Gasteiger partial charge is 0.496 e. The quantitative estimate of drug-likeness (QED) is 0.595. The van der Waals surface area contributed by atoms with Gasteiger partial charge < -0.3 is 20.7 Å². The molecule has 1 amide bonds. The Kier molecular flexibility index (Phi) is 7.24. The van der Waals surface area contributed by atoms with Gasteiger partial charge >= 0.3 is 0 Å². The summed E-state index contributed by atoms with van der Waals surface area (Å²) in [4.78, 5) is 22.8. The van der Waals surface area contributed by atoms with E-state index in [0.29, 0.717) is 18.9 Å². The van der Waals surface area contributed by atoms with Crippen molar-refractivity contribution in [3.8, 4) is 5.75 Å². The van der Waals surface area contributed by atoms with Crippen molar-refractivity contribution in [3.63, 3.8) is 0 Å². The van der Waals surface area contributed by atoms with Gasteiger partial charge in [-0.05, 0) is 39.5 Å². The number of guanidine groups is 1. The van der Waals surface area contributed by atoms with Crippen molar-refractivity contribution >= 4 is 11.9 Å². The highest BCUT2D eigenvalue weighted by atomic mass is 16.5. The number of carbonyl (C=O) groups excluding carboxylic acids is 1. The van der Waals surface area contributed by atoms with Crippen LogP contribution in [-0.4, -0.2) is 48.5 Å². The number of rotatable bonds is 6. The second kappa shape index (κ2) is 9.40. The number of nitrogens with one attached hydrogen (secondary N) is 1. The van der Waals surface area contributed by atoms with Crippen LogP contribution in [0.3, 0.4) is 0 Å². The minimum absolute atomic E-state index is 0.231. The van der Waals surface area contributed by atoms with Crippen LogP contribution in [0.5, 0.6) is 5.75 Å². The number of piperidine rings is 1. The van der Waals surface area contributed by atoms with Gasteiger partial charge in [-0.3, -0.25) is 9.78 Å². The standard InChI is InChI=1S/C19H31N5O2/c1-5-21-19(24-8-6-7-15(12-24)9-17(20)25)23-11-16-14(3)18(26-4)13(2)10-22-16/h10,15H,5-9,11-12H2,1-4H3,(H2,20,25)(H,21,23). The summed E-state index contributed by atoms with van der Waals surface area (Å²) in [6.45, 7) is 9.08. The Morgan fingerprint density at radius 2 is 2.27 bits per heavy atom. The van der Waals surface area contributed by atoms with E-state index in [-0.39, 0.29) is 5.91 Å². The maximum atomic E-state index is 11.2. The molecule has 1 saturated heterocycles. The molecule has 1 atom stereocenters. The van der Waals surface area contributed by atoms with Gasteiger partial charge in [0.15, 0.2) is 5.96 Å². The van der Waals surface area contributed by atoms with Crippen molar-refractivity contribution in [2.45, 2.75) is 46.6 Å². The van der Waals surface area contributed by atoms with Gasteiger partial charge in [0.1, 0.15) is 5.75 Å². The van der Waals surface area contributed by atoms with Crippen molar-refractivity contribution in [1.82, 2.24) is 15.2 Å². The molecule has 7 nitrogen and oxygen atoms in total. The molecule has 1 aromatic heterocycles. The first kappa shape index (κ1) is 20.0. The van der Waals surface area contributed by atoms with E-state index in [0.717, 1.165) is 61.0 Å². The molecule has 0 aromatic carbocycles. The molecule has 26 heavy (non-hydrogen) atoms. The van der Waals surface area contributed by atoms with E-state index < -0.39 is 0 Å². The molecule has 7 heteroatoms. The first-order valence-electron chi connectivity index (χ1n) is 9.26. The Morgan fingerprint density at radius 3 is 2.92 bits per heavy atom. The minimum Gasteiger partial charge on any atom is -0.496 e. The zero-order valence-electron chi connectivity index (χ0n) is 16.3. The second-order valence-corrected chi connectivity index (χ2v) is 6.84. The smallest absolute Gasteiger partial charge is 0.217 e. The number of pyridine rings is 1. The third-order valence-corrected chi connectivity index (χ3v) is 4.77. The first-order valence-corrected chi connectivity index (χ1v) is 9.26. The molecule has 3 N–H and O–H groups in total. The number of nitrogens with zero attached hydrogens (tertiary/aromatic N) is 3. The topological polar surface area (TPSA) is 92.8 Å². The molecule has 0 radical (unpaired) electrons. The summed E-state index contributed by atoms with van der Waals surface area (Å²) in [7, 11) is 1.68. The van der Waals surface area contributed by atoms with Crippen LogP contribution in [0.15, 0.2) is 11.2 Å². The number of likely N-dealkylation sites (tertiary alicyclic amines) is 1. The number of aliphatic imine (C=N–C) groups is 1. The Balaban J connectivity index is 2.15. The predicted molar refractivity (Wildman–Crippen MR) is 103 cm³/mol. The fraction of sp³-hybridized carbons (Fsp3) is 0.632. The van der Waals surface area contributed by atoms with E-state index in [9.17, 15) is 4.79 Å². The Bertz CT molecular complexity index is 660. The summed E-state index contributed by atoms with van der Waals surface area (Å²) in [5.41, 5.74) is 8.33. The molecule has 2 heterocycles. The van der Waals surface area contributed by atoms with Crippen LogP contribution in [-0.2, 0) is 11.3 Å². The fourth-order valence-corrected chi connectivity index (χ4v) is 3.51. The zero-order chi connectivity index (χ0) is 19.1. The van der Waals surface area contributed by atoms with E-state index in [1.54, 1.807) is 7.11 Å². The molecule has 1 aromatic rings. The van der Waals surface area contributed by atoms with Crippen LogP contribution in [0.2, 0.25) is 0 Å². The lowest BCUT2D eigenvalue weighted by molar-refractivity contribution is -0.119. The average Bonchev–Trinajstić information content (AvgIpc) is 2.60. The summed E-state index contributed by atoms with van der Waals surface area (Å²) in [6, 6.07) is 0. The molecule has 144 valence electrons. The van der Waals surface area contributed by atoms with Crippen LogP contribution in [0, 0.1) is 19.8 Å². The Morgan fingerprint density at radius 1 is 1.50 bits per heavy atom. The number of ether oxygens (including phenoxy) is 1. The lowest BCUT2D eigenvalue weighted by Gasteiger charge is -2.34. The summed E-state index contributed by atoms with van der Waals surface area (Å²) < 4.78 is 5.48. The normalized spacial score (nSPS) is 17.9. The number of carbonyl (C=O) groups is 1. The Hall–Kier alpha value is -2.31. The molecule has 2 rings (SSSR count). The molecular weight excluding hydrogens is 330 g/mol. The number of amides is 1. The number of aryl methyl sites for hydroxylation is 1. The van der Waals surface area contributed by atoms with E-state index in [4.69, 9.17) is 15.5 Å². The third-order valence-electron chi connectivity index (χ3n) is 4.77. The summed E-state index contributed by atoms with van der Waals surface area (Å²) >= 11 is 0. The van der Waals surface area contributed by atoms with Gasteiger partial charge in [-0.1, -0.05) is 0 Å². The molecular formula is C19H31N5O2. The van der Waals surface area contributed by atoms with E-state index in [1.165, 1.54) is 0 Å². The van der Waals surface area contributed by atoms with Crippen LogP contribution in [0.1, 0.15) is 43.0 Å². The summed E-state index contributed by atoms with van der Waals surface area (Å²) in [5, 5.41) is 3.36. The van der Waals surface area contributed by atoms with Crippen molar-refractivity contribution in [3.05, 3.63) is 23.0 Å². The number of hydrogen-bond acceptors (Lipinski definition) is 4. The molecule has 1 unspecified atom stereocenters. The highest BCUT2D eigenvalue weighted by Gasteiger charge is 2.23. The summed E-state index contributed by atoms with van der Waals surface area (Å²) in [5.74, 6) is 1.80. The molecule has 1 aliphatic rings. The molecule has 1 aliphatic heterocycles. The highest BCUT2D eigenvalue weighted by Crippen LogP contribution is 2.24. The van der Waals surface area contributed by atoms with Gasteiger partial charge in [0, 0.05) is 43.4 Å². The number of primary amides is 1. The van der Waals surface area contributed by atoms with Crippen molar-refractivity contribution in [2.24, 2.45) is 16.6 Å². The van der Waals surface area contributed by atoms with Crippen molar-refractivity contribution in [2.75, 3.05) is 26.7 Å². The lowest BCUT2D eigenvalue weighted by Crippen LogP contribution is -2.47. The lowest BCUT2D eigenvalue weighted by atomic mass is 9.95. The molecule has 0 spiro atoms. The minimum atomic E-state index is -0.231. The maximum Gasteiger partial charge on any atom is 0.217 e. The Labute approximate surface area is 156 Å². The van der Waals surface area contributed by atoms with Gasteiger partial charge in [-0.15, -0.1) is 0 Å². The van der Waals surface area contributed by atoms with E-state index in [2.05, 4.69) is 22.1 Å². The number of hydrogen-bond donors (Lipinski definition) is 2. The van der Waals surface area contributed by atoms with Gasteiger partial charge in [0.25, 0.3) is 0 Å². The predicted octanol–water partition coefficient (Wildman–Crippen LogP) is 1.76. The van der Waals surface area contributed by atoms with Gasteiger partial charge in [-0.25, -0.2) is 4.99 Å². The zero-order valence-corrected chi connectivity index (χ0v) is 16.3. The fourth-order valence-electron chi connectivity index (χ4n) is 3.51. The van der Waals surface area contributed by atoms with Gasteiger partial charge in [-0.2, -0.15) is 0 Å². The van der Waals surface area contributed by atoms with Crippen LogP contribution in [0.25, 0.3) is 0 Å². The molecule has 0 bridgehead atoms. The molecule has 1 fully saturated rings. The van der Waals surface area contributed by atoms with Gasteiger partial charge in [0.05, 0.1) is 19.3 Å². The highest BCUT2D eigenvalue weighted by molar-refractivity contribution is 5.80. The average molecular weight is 361 g/mol. The van der Waals surface area contributed by atoms with Crippen LogP contribution < -0.4 is 15.8 Å². The monoisotopic (exact) mass is 361 g/mol. The maximum absolute atomic E-state index is 11.2. The second-order valence-electron chi connectivity index (χ2n) is 6.84. The van der Waals surface area contributed by atoms with E-state index >= 15 is 0 Å². The first-order chi connectivity index (χ1) is 12.5. The number of methoxy groups -OCH3 is 1. The molecule has 0 saturated carbocycles. The number of nitrogens with two attached hydrogens (primary N) is 1. The van der Waals surface area contributed by atoms with Crippen molar-refractivity contribution in [1.29, 1.82) is 0 Å². The molecule has 0 aliphatic carbocycles. The van der Waals surface area contributed by atoms with Crippen LogP contribution in [0.4, 0.5) is 0 Å².